The molecule has 1 N–H and O–H groups in total. The number of likely N-dealkylation sites (tertiary alicyclic amines) is 1. The van der Waals surface area contributed by atoms with Crippen molar-refractivity contribution in [2.45, 2.75) is 19.4 Å². The van der Waals surface area contributed by atoms with Gasteiger partial charge >= 0.3 is 5.97 Å². The van der Waals surface area contributed by atoms with E-state index in [-0.39, 0.29) is 5.97 Å². The quantitative estimate of drug-likeness (QED) is 0.824. The van der Waals surface area contributed by atoms with E-state index in [9.17, 15) is 4.79 Å². The lowest BCUT2D eigenvalue weighted by molar-refractivity contribution is 0.0600. The molecule has 0 radical (unpaired) electrons. The van der Waals surface area contributed by atoms with Gasteiger partial charge in [-0.1, -0.05) is 0 Å². The van der Waals surface area contributed by atoms with Crippen molar-refractivity contribution in [1.29, 1.82) is 0 Å². The first kappa shape index (κ1) is 14.0. The molecule has 2 heterocycles. The molecule has 104 valence electrons. The largest absolute Gasteiger partial charge is 0.465 e. The monoisotopic (exact) mass is 264 g/mol. The molecular formula is C14H20N2O3. The third kappa shape index (κ3) is 3.75. The summed E-state index contributed by atoms with van der Waals surface area (Å²) in [6.07, 6.45) is 3.63. The average Bonchev–Trinajstić information content (AvgIpc) is 2.48. The molecule has 1 aromatic heterocycles. The van der Waals surface area contributed by atoms with E-state index >= 15 is 0 Å². The molecule has 0 saturated carbocycles. The lowest BCUT2D eigenvalue weighted by Gasteiger charge is -2.30. The van der Waals surface area contributed by atoms with Gasteiger partial charge in [-0.05, 0) is 44.0 Å². The number of pyridine rings is 1. The molecule has 0 spiro atoms. The predicted octanol–water partition coefficient (Wildman–Crippen LogP) is 1.07. The Morgan fingerprint density at radius 1 is 1.47 bits per heavy atom. The highest BCUT2D eigenvalue weighted by Crippen LogP contribution is 2.17. The highest BCUT2D eigenvalue weighted by Gasteiger charge is 2.18. The lowest BCUT2D eigenvalue weighted by Crippen LogP contribution is -2.34. The Morgan fingerprint density at radius 2 is 2.21 bits per heavy atom. The van der Waals surface area contributed by atoms with Crippen molar-refractivity contribution in [3.05, 3.63) is 29.6 Å². The van der Waals surface area contributed by atoms with Crippen molar-refractivity contribution < 1.29 is 14.6 Å². The van der Waals surface area contributed by atoms with Crippen LogP contribution in [0.3, 0.4) is 0 Å². The minimum atomic E-state index is -0.359. The minimum absolute atomic E-state index is 0.292. The average molecular weight is 264 g/mol. The van der Waals surface area contributed by atoms with Crippen LogP contribution in [0.2, 0.25) is 0 Å². The fourth-order valence-electron chi connectivity index (χ4n) is 2.31. The maximum atomic E-state index is 11.3. The molecule has 1 aliphatic rings. The lowest BCUT2D eigenvalue weighted by atomic mass is 9.98. The van der Waals surface area contributed by atoms with Crippen LogP contribution < -0.4 is 0 Å². The predicted molar refractivity (Wildman–Crippen MR) is 70.7 cm³/mol. The standard InChI is InChI=1S/C14H20N2O3/c1-19-14(18)12-2-3-13(15-8-12)9-16-6-4-11(10-17)5-7-16/h2-3,8,11,17H,4-7,9-10H2,1H3. The molecule has 5 heteroatoms. The van der Waals surface area contributed by atoms with E-state index in [2.05, 4.69) is 14.6 Å². The molecule has 2 rings (SSSR count). The van der Waals surface area contributed by atoms with Crippen LogP contribution >= 0.6 is 0 Å². The molecule has 1 aromatic rings. The molecule has 0 unspecified atom stereocenters. The SMILES string of the molecule is COC(=O)c1ccc(CN2CCC(CO)CC2)nc1. The Morgan fingerprint density at radius 3 is 2.74 bits per heavy atom. The van der Waals surface area contributed by atoms with Crippen LogP contribution in [-0.4, -0.2) is 47.8 Å². The Hall–Kier alpha value is -1.46. The Kier molecular flexibility index (Phi) is 4.87. The van der Waals surface area contributed by atoms with Gasteiger partial charge in [0.1, 0.15) is 0 Å². The molecule has 1 fully saturated rings. The van der Waals surface area contributed by atoms with Gasteiger partial charge in [0.2, 0.25) is 0 Å². The van der Waals surface area contributed by atoms with Gasteiger partial charge in [-0.2, -0.15) is 0 Å². The number of carbonyl (C=O) groups excluding carboxylic acids is 1. The Labute approximate surface area is 113 Å². The van der Waals surface area contributed by atoms with Gasteiger partial charge in [0.15, 0.2) is 0 Å². The molecule has 1 aliphatic heterocycles. The first-order valence-electron chi connectivity index (χ1n) is 6.59. The molecule has 19 heavy (non-hydrogen) atoms. The molecule has 0 aliphatic carbocycles. The summed E-state index contributed by atoms with van der Waals surface area (Å²) in [7, 11) is 1.36. The summed E-state index contributed by atoms with van der Waals surface area (Å²) in [6.45, 7) is 3.07. The zero-order valence-corrected chi connectivity index (χ0v) is 11.2. The summed E-state index contributed by atoms with van der Waals surface area (Å²) >= 11 is 0. The second-order valence-electron chi connectivity index (χ2n) is 4.93. The number of esters is 1. The smallest absolute Gasteiger partial charge is 0.339 e. The summed E-state index contributed by atoms with van der Waals surface area (Å²) < 4.78 is 4.64. The van der Waals surface area contributed by atoms with Gasteiger partial charge in [0.05, 0.1) is 18.4 Å². The van der Waals surface area contributed by atoms with Gasteiger partial charge in [0.25, 0.3) is 0 Å². The fourth-order valence-corrected chi connectivity index (χ4v) is 2.31. The number of hydrogen-bond acceptors (Lipinski definition) is 5. The number of methoxy groups -OCH3 is 1. The van der Waals surface area contributed by atoms with E-state index in [0.29, 0.717) is 18.1 Å². The van der Waals surface area contributed by atoms with Gasteiger partial charge in [-0.15, -0.1) is 0 Å². The maximum absolute atomic E-state index is 11.3. The molecule has 1 saturated heterocycles. The number of nitrogens with zero attached hydrogens (tertiary/aromatic N) is 2. The number of piperidine rings is 1. The van der Waals surface area contributed by atoms with Crippen molar-refractivity contribution in [2.24, 2.45) is 5.92 Å². The van der Waals surface area contributed by atoms with E-state index in [0.717, 1.165) is 38.2 Å². The van der Waals surface area contributed by atoms with Gasteiger partial charge in [0, 0.05) is 19.3 Å². The van der Waals surface area contributed by atoms with Crippen LogP contribution in [0.5, 0.6) is 0 Å². The molecule has 0 amide bonds. The summed E-state index contributed by atoms with van der Waals surface area (Å²) in [5, 5.41) is 9.10. The normalized spacial score (nSPS) is 17.4. The molecule has 0 aromatic carbocycles. The van der Waals surface area contributed by atoms with Gasteiger partial charge in [-0.3, -0.25) is 9.88 Å². The van der Waals surface area contributed by atoms with Crippen LogP contribution in [0.4, 0.5) is 0 Å². The summed E-state index contributed by atoms with van der Waals surface area (Å²) in [5.74, 6) is 0.0914. The zero-order valence-electron chi connectivity index (χ0n) is 11.2. The first-order valence-corrected chi connectivity index (χ1v) is 6.59. The fraction of sp³-hybridized carbons (Fsp3) is 0.571. The molecular weight excluding hydrogens is 244 g/mol. The number of aromatic nitrogens is 1. The van der Waals surface area contributed by atoms with Crippen LogP contribution in [-0.2, 0) is 11.3 Å². The third-order valence-corrected chi connectivity index (χ3v) is 3.60. The summed E-state index contributed by atoms with van der Waals surface area (Å²) in [4.78, 5) is 17.9. The second kappa shape index (κ2) is 6.63. The topological polar surface area (TPSA) is 62.7 Å². The highest BCUT2D eigenvalue weighted by molar-refractivity contribution is 5.88. The van der Waals surface area contributed by atoms with Crippen LogP contribution in [0.1, 0.15) is 28.9 Å². The van der Waals surface area contributed by atoms with E-state index in [1.54, 1.807) is 12.3 Å². The minimum Gasteiger partial charge on any atom is -0.465 e. The number of rotatable bonds is 4. The Bertz CT molecular complexity index is 411. The van der Waals surface area contributed by atoms with Crippen LogP contribution in [0.25, 0.3) is 0 Å². The number of ether oxygens (including phenoxy) is 1. The number of carbonyl (C=O) groups is 1. The van der Waals surface area contributed by atoms with E-state index in [1.807, 2.05) is 6.07 Å². The maximum Gasteiger partial charge on any atom is 0.339 e. The van der Waals surface area contributed by atoms with E-state index in [4.69, 9.17) is 5.11 Å². The number of hydrogen-bond donors (Lipinski definition) is 1. The van der Waals surface area contributed by atoms with Crippen molar-refractivity contribution >= 4 is 5.97 Å². The summed E-state index contributed by atoms with van der Waals surface area (Å²) in [5.41, 5.74) is 1.43. The molecule has 0 atom stereocenters. The van der Waals surface area contributed by atoms with E-state index < -0.39 is 0 Å². The van der Waals surface area contributed by atoms with Gasteiger partial charge < -0.3 is 9.84 Å². The van der Waals surface area contributed by atoms with Crippen LogP contribution in [0.15, 0.2) is 18.3 Å². The van der Waals surface area contributed by atoms with Gasteiger partial charge in [-0.25, -0.2) is 4.79 Å². The van der Waals surface area contributed by atoms with Crippen molar-refractivity contribution in [3.63, 3.8) is 0 Å². The van der Waals surface area contributed by atoms with Crippen LogP contribution in [0, 0.1) is 5.92 Å². The summed E-state index contributed by atoms with van der Waals surface area (Å²) in [6, 6.07) is 3.61. The zero-order chi connectivity index (χ0) is 13.7. The Balaban J connectivity index is 1.88. The highest BCUT2D eigenvalue weighted by atomic mass is 16.5. The van der Waals surface area contributed by atoms with E-state index in [1.165, 1.54) is 7.11 Å². The number of aliphatic hydroxyl groups excluding tert-OH is 1. The first-order chi connectivity index (χ1) is 9.22. The van der Waals surface area contributed by atoms with Crippen molar-refractivity contribution in [3.8, 4) is 0 Å². The van der Waals surface area contributed by atoms with Crippen molar-refractivity contribution in [2.75, 3.05) is 26.8 Å². The van der Waals surface area contributed by atoms with Crippen molar-refractivity contribution in [1.82, 2.24) is 9.88 Å². The second-order valence-corrected chi connectivity index (χ2v) is 4.93. The molecule has 0 bridgehead atoms. The number of aliphatic hydroxyl groups is 1. The third-order valence-electron chi connectivity index (χ3n) is 3.60. The molecule has 5 nitrogen and oxygen atoms in total.